The van der Waals surface area contributed by atoms with Crippen LogP contribution in [0.15, 0.2) is 61.7 Å². The molecule has 0 saturated heterocycles. The van der Waals surface area contributed by atoms with E-state index in [-0.39, 0.29) is 12.1 Å². The van der Waals surface area contributed by atoms with E-state index in [1.807, 2.05) is 0 Å². The minimum atomic E-state index is -4.97. The van der Waals surface area contributed by atoms with Crippen LogP contribution in [0.3, 0.4) is 0 Å². The van der Waals surface area contributed by atoms with Crippen LogP contribution >= 0.6 is 0 Å². The molecule has 2 heterocycles. The molecule has 1 N–H and O–H groups in total. The molecule has 2 aromatic rings. The van der Waals surface area contributed by atoms with E-state index < -0.39 is 30.6 Å². The Morgan fingerprint density at radius 1 is 1.11 bits per heavy atom. The first-order valence-electron chi connectivity index (χ1n) is 7.90. The highest BCUT2D eigenvalue weighted by Crippen LogP contribution is 2.28. The molecule has 0 aromatic carbocycles. The summed E-state index contributed by atoms with van der Waals surface area (Å²) in [5, 5.41) is 2.12. The fourth-order valence-corrected chi connectivity index (χ4v) is 2.36. The predicted molar refractivity (Wildman–Crippen MR) is 91.4 cm³/mol. The van der Waals surface area contributed by atoms with Gasteiger partial charge in [0.25, 0.3) is 11.8 Å². The molecule has 27 heavy (non-hydrogen) atoms. The Morgan fingerprint density at radius 2 is 1.67 bits per heavy atom. The summed E-state index contributed by atoms with van der Waals surface area (Å²) in [5.41, 5.74) is 0.392. The average molecular weight is 378 g/mol. The molecule has 0 radical (unpaired) electrons. The van der Waals surface area contributed by atoms with Crippen LogP contribution in [0.25, 0.3) is 0 Å². The van der Waals surface area contributed by atoms with Crippen molar-refractivity contribution in [3.05, 3.63) is 72.8 Å². The van der Waals surface area contributed by atoms with E-state index in [4.69, 9.17) is 0 Å². The van der Waals surface area contributed by atoms with E-state index in [1.54, 1.807) is 0 Å². The van der Waals surface area contributed by atoms with Crippen molar-refractivity contribution in [2.45, 2.75) is 18.8 Å². The summed E-state index contributed by atoms with van der Waals surface area (Å²) in [5.74, 6) is -2.27. The number of nitrogens with zero attached hydrogens (tertiary/aromatic N) is 3. The Balaban J connectivity index is 2.45. The Labute approximate surface area is 153 Å². The second kappa shape index (κ2) is 8.93. The minimum absolute atomic E-state index is 0.00942. The molecule has 142 valence electrons. The van der Waals surface area contributed by atoms with Crippen molar-refractivity contribution < 1.29 is 22.8 Å². The molecule has 0 fully saturated rings. The second-order valence-corrected chi connectivity index (χ2v) is 5.50. The molecule has 1 atom stereocenters. The van der Waals surface area contributed by atoms with Gasteiger partial charge in [-0.25, -0.2) is 0 Å². The highest BCUT2D eigenvalue weighted by molar-refractivity contribution is 5.97. The zero-order chi connectivity index (χ0) is 19.9. The minimum Gasteiger partial charge on any atom is -0.351 e. The van der Waals surface area contributed by atoms with Crippen LogP contribution in [0.5, 0.6) is 0 Å². The van der Waals surface area contributed by atoms with Gasteiger partial charge in [0.1, 0.15) is 0 Å². The van der Waals surface area contributed by atoms with Crippen molar-refractivity contribution in [2.24, 2.45) is 0 Å². The topological polar surface area (TPSA) is 75.2 Å². The highest BCUT2D eigenvalue weighted by atomic mass is 19.4. The zero-order valence-corrected chi connectivity index (χ0v) is 14.2. The number of alkyl halides is 3. The molecular formula is C18H17F3N4O2. The van der Waals surface area contributed by atoms with Gasteiger partial charge >= 0.3 is 6.18 Å². The third-order valence-electron chi connectivity index (χ3n) is 3.58. The van der Waals surface area contributed by atoms with E-state index in [1.165, 1.54) is 55.1 Å². The first-order valence-corrected chi connectivity index (χ1v) is 7.90. The van der Waals surface area contributed by atoms with Gasteiger partial charge in [-0.15, -0.1) is 6.58 Å². The van der Waals surface area contributed by atoms with Gasteiger partial charge < -0.3 is 10.2 Å². The van der Waals surface area contributed by atoms with E-state index in [2.05, 4.69) is 21.9 Å². The summed E-state index contributed by atoms with van der Waals surface area (Å²) < 4.78 is 41.2. The van der Waals surface area contributed by atoms with Gasteiger partial charge in [0, 0.05) is 43.4 Å². The number of halogens is 3. The maximum atomic E-state index is 13.7. The number of amides is 2. The average Bonchev–Trinajstić information content (AvgIpc) is 2.65. The van der Waals surface area contributed by atoms with Crippen LogP contribution < -0.4 is 5.32 Å². The van der Waals surface area contributed by atoms with E-state index >= 15 is 0 Å². The van der Waals surface area contributed by atoms with Crippen molar-refractivity contribution in [1.29, 1.82) is 0 Å². The lowest BCUT2D eigenvalue weighted by molar-refractivity contribution is -0.185. The fourth-order valence-electron chi connectivity index (χ4n) is 2.36. The van der Waals surface area contributed by atoms with Crippen LogP contribution in [-0.4, -0.2) is 45.4 Å². The number of rotatable bonds is 7. The smallest absolute Gasteiger partial charge is 0.351 e. The lowest BCUT2D eigenvalue weighted by Crippen LogP contribution is -2.56. The molecule has 2 amide bonds. The maximum Gasteiger partial charge on any atom is 0.417 e. The standard InChI is InChI=1S/C18H17F3N4O2/c1-2-7-24-16(26)15(18(19,20)21)25(12-13-3-8-22-9-4-13)17(27)14-5-10-23-11-6-14/h2-6,8-11,15H,1,7,12H2,(H,24,26). The molecule has 0 saturated carbocycles. The van der Waals surface area contributed by atoms with Crippen molar-refractivity contribution in [3.63, 3.8) is 0 Å². The van der Waals surface area contributed by atoms with Crippen LogP contribution in [0.2, 0.25) is 0 Å². The number of carbonyl (C=O) groups is 2. The lowest BCUT2D eigenvalue weighted by Gasteiger charge is -2.32. The third kappa shape index (κ3) is 5.37. The van der Waals surface area contributed by atoms with Gasteiger partial charge in [-0.1, -0.05) is 6.08 Å². The molecular weight excluding hydrogens is 361 g/mol. The van der Waals surface area contributed by atoms with Gasteiger partial charge in [-0.05, 0) is 29.8 Å². The van der Waals surface area contributed by atoms with Crippen LogP contribution in [0, 0.1) is 0 Å². The number of aromatic nitrogens is 2. The van der Waals surface area contributed by atoms with Crippen LogP contribution in [0.1, 0.15) is 15.9 Å². The quantitative estimate of drug-likeness (QED) is 0.751. The number of carbonyl (C=O) groups excluding carboxylic acids is 2. The molecule has 0 spiro atoms. The summed E-state index contributed by atoms with van der Waals surface area (Å²) in [4.78, 5) is 33.1. The second-order valence-electron chi connectivity index (χ2n) is 5.50. The Bertz CT molecular complexity index is 782. The molecule has 2 rings (SSSR count). The zero-order valence-electron chi connectivity index (χ0n) is 14.2. The molecule has 0 aliphatic carbocycles. The monoisotopic (exact) mass is 378 g/mol. The van der Waals surface area contributed by atoms with Crippen LogP contribution in [-0.2, 0) is 11.3 Å². The number of nitrogens with one attached hydrogen (secondary N) is 1. The van der Waals surface area contributed by atoms with Crippen molar-refractivity contribution in [3.8, 4) is 0 Å². The number of hydrogen-bond acceptors (Lipinski definition) is 4. The predicted octanol–water partition coefficient (Wildman–Crippen LogP) is 2.35. The Hall–Kier alpha value is -3.23. The van der Waals surface area contributed by atoms with Crippen molar-refractivity contribution in [2.75, 3.05) is 6.54 Å². The molecule has 1 unspecified atom stereocenters. The fraction of sp³-hybridized carbons (Fsp3) is 0.222. The third-order valence-corrected chi connectivity index (χ3v) is 3.58. The SMILES string of the molecule is C=CCNC(=O)C(N(Cc1ccncc1)C(=O)c1ccncc1)C(F)(F)F. The maximum absolute atomic E-state index is 13.7. The van der Waals surface area contributed by atoms with Gasteiger partial charge in [0.05, 0.1) is 0 Å². The largest absolute Gasteiger partial charge is 0.417 e. The van der Waals surface area contributed by atoms with Gasteiger partial charge in [0.2, 0.25) is 6.04 Å². The van der Waals surface area contributed by atoms with Crippen molar-refractivity contribution >= 4 is 11.8 Å². The first kappa shape index (κ1) is 20.1. The molecule has 6 nitrogen and oxygen atoms in total. The van der Waals surface area contributed by atoms with Crippen molar-refractivity contribution in [1.82, 2.24) is 20.2 Å². The van der Waals surface area contributed by atoms with E-state index in [9.17, 15) is 22.8 Å². The summed E-state index contributed by atoms with van der Waals surface area (Å²) in [6.45, 7) is 2.78. The van der Waals surface area contributed by atoms with Gasteiger partial charge in [-0.3, -0.25) is 19.6 Å². The lowest BCUT2D eigenvalue weighted by atomic mass is 10.1. The summed E-state index contributed by atoms with van der Waals surface area (Å²) in [7, 11) is 0. The molecule has 2 aromatic heterocycles. The van der Waals surface area contributed by atoms with Gasteiger partial charge in [0.15, 0.2) is 0 Å². The molecule has 9 heteroatoms. The highest BCUT2D eigenvalue weighted by Gasteiger charge is 2.50. The molecule has 0 aliphatic rings. The van der Waals surface area contributed by atoms with Gasteiger partial charge in [-0.2, -0.15) is 13.2 Å². The normalized spacial score (nSPS) is 12.1. The summed E-state index contributed by atoms with van der Waals surface area (Å²) in [6.07, 6.45) is 1.65. The summed E-state index contributed by atoms with van der Waals surface area (Å²) in [6, 6.07) is 2.86. The summed E-state index contributed by atoms with van der Waals surface area (Å²) >= 11 is 0. The number of pyridine rings is 2. The van der Waals surface area contributed by atoms with Crippen LogP contribution in [0.4, 0.5) is 13.2 Å². The van der Waals surface area contributed by atoms with E-state index in [0.717, 1.165) is 0 Å². The first-order chi connectivity index (χ1) is 12.8. The van der Waals surface area contributed by atoms with E-state index in [0.29, 0.717) is 10.5 Å². The number of hydrogen-bond donors (Lipinski definition) is 1. The molecule has 0 aliphatic heterocycles. The molecule has 0 bridgehead atoms. The Morgan fingerprint density at radius 3 is 2.19 bits per heavy atom. The Kier molecular flexibility index (Phi) is 6.64.